The average molecular weight is 493 g/mol. The standard InChI is InChI=1S/C29H33ClN2O3/c1-4-21(2)31-29(34)27(18-22-9-6-5-7-10-22)32(20-24-11-8-12-26(17-24)35-3)28(33)19-23-13-15-25(30)16-14-23/h5-17,21,27H,4,18-20H2,1-3H3,(H,31,34)/t21-,27+/m1/s1. The van der Waals surface area contributed by atoms with E-state index in [2.05, 4.69) is 5.32 Å². The molecule has 0 aliphatic rings. The number of ether oxygens (including phenoxy) is 1. The third kappa shape index (κ3) is 7.86. The van der Waals surface area contributed by atoms with Crippen molar-refractivity contribution in [3.63, 3.8) is 0 Å². The van der Waals surface area contributed by atoms with Crippen molar-refractivity contribution in [3.05, 3.63) is 101 Å². The Labute approximate surface area is 213 Å². The van der Waals surface area contributed by atoms with E-state index in [0.29, 0.717) is 17.2 Å². The van der Waals surface area contributed by atoms with Crippen molar-refractivity contribution in [1.29, 1.82) is 0 Å². The second-order valence-electron chi connectivity index (χ2n) is 8.70. The molecule has 0 bridgehead atoms. The van der Waals surface area contributed by atoms with Crippen LogP contribution in [0.3, 0.4) is 0 Å². The molecule has 0 saturated heterocycles. The predicted octanol–water partition coefficient (Wildman–Crippen LogP) is 5.45. The van der Waals surface area contributed by atoms with Gasteiger partial charge in [-0.15, -0.1) is 0 Å². The molecule has 5 nitrogen and oxygen atoms in total. The first-order valence-electron chi connectivity index (χ1n) is 11.9. The number of methoxy groups -OCH3 is 1. The lowest BCUT2D eigenvalue weighted by molar-refractivity contribution is -0.141. The third-order valence-electron chi connectivity index (χ3n) is 6.03. The first-order chi connectivity index (χ1) is 16.9. The van der Waals surface area contributed by atoms with E-state index in [1.807, 2.05) is 80.6 Å². The Morgan fingerprint density at radius 2 is 1.63 bits per heavy atom. The van der Waals surface area contributed by atoms with E-state index >= 15 is 0 Å². The van der Waals surface area contributed by atoms with Crippen LogP contribution in [0.1, 0.15) is 37.0 Å². The Balaban J connectivity index is 1.97. The Kier molecular flexibility index (Phi) is 9.74. The second-order valence-corrected chi connectivity index (χ2v) is 9.14. The lowest BCUT2D eigenvalue weighted by Gasteiger charge is -2.32. The molecular weight excluding hydrogens is 460 g/mol. The van der Waals surface area contributed by atoms with Crippen LogP contribution in [-0.2, 0) is 29.0 Å². The van der Waals surface area contributed by atoms with Crippen LogP contribution in [0, 0.1) is 0 Å². The number of rotatable bonds is 11. The van der Waals surface area contributed by atoms with Crippen molar-refractivity contribution in [1.82, 2.24) is 10.2 Å². The zero-order valence-corrected chi connectivity index (χ0v) is 21.3. The lowest BCUT2D eigenvalue weighted by atomic mass is 10.0. The van der Waals surface area contributed by atoms with Gasteiger partial charge in [0.25, 0.3) is 0 Å². The zero-order valence-electron chi connectivity index (χ0n) is 20.5. The monoisotopic (exact) mass is 492 g/mol. The molecule has 1 N–H and O–H groups in total. The fourth-order valence-corrected chi connectivity index (χ4v) is 3.97. The number of amides is 2. The Morgan fingerprint density at radius 3 is 2.29 bits per heavy atom. The number of halogens is 1. The molecule has 6 heteroatoms. The van der Waals surface area contributed by atoms with Gasteiger partial charge in [0.05, 0.1) is 13.5 Å². The van der Waals surface area contributed by atoms with Crippen molar-refractivity contribution in [3.8, 4) is 5.75 Å². The predicted molar refractivity (Wildman–Crippen MR) is 141 cm³/mol. The minimum Gasteiger partial charge on any atom is -0.497 e. The molecule has 3 aromatic carbocycles. The molecular formula is C29H33ClN2O3. The maximum Gasteiger partial charge on any atom is 0.243 e. The summed E-state index contributed by atoms with van der Waals surface area (Å²) in [6.07, 6.45) is 1.39. The van der Waals surface area contributed by atoms with Gasteiger partial charge in [0, 0.05) is 24.0 Å². The van der Waals surface area contributed by atoms with Crippen LogP contribution in [0.2, 0.25) is 5.02 Å². The van der Waals surface area contributed by atoms with Crippen molar-refractivity contribution >= 4 is 23.4 Å². The summed E-state index contributed by atoms with van der Waals surface area (Å²) in [6, 6.07) is 24.0. The molecule has 0 radical (unpaired) electrons. The molecule has 0 aliphatic carbocycles. The van der Waals surface area contributed by atoms with Crippen LogP contribution in [0.5, 0.6) is 5.75 Å². The van der Waals surface area contributed by atoms with Gasteiger partial charge in [-0.3, -0.25) is 9.59 Å². The van der Waals surface area contributed by atoms with Gasteiger partial charge in [0.2, 0.25) is 11.8 Å². The first kappa shape index (κ1) is 26.3. The molecule has 184 valence electrons. The number of nitrogens with zero attached hydrogens (tertiary/aromatic N) is 1. The normalized spacial score (nSPS) is 12.5. The molecule has 0 fully saturated rings. The highest BCUT2D eigenvalue weighted by atomic mass is 35.5. The van der Waals surface area contributed by atoms with Gasteiger partial charge in [0.1, 0.15) is 11.8 Å². The van der Waals surface area contributed by atoms with E-state index in [4.69, 9.17) is 16.3 Å². The van der Waals surface area contributed by atoms with E-state index in [-0.39, 0.29) is 30.8 Å². The van der Waals surface area contributed by atoms with Crippen LogP contribution in [0.15, 0.2) is 78.9 Å². The highest BCUT2D eigenvalue weighted by Gasteiger charge is 2.31. The molecule has 3 aromatic rings. The minimum absolute atomic E-state index is 0.00538. The van der Waals surface area contributed by atoms with Crippen LogP contribution in [-0.4, -0.2) is 35.9 Å². The highest BCUT2D eigenvalue weighted by Crippen LogP contribution is 2.20. The summed E-state index contributed by atoms with van der Waals surface area (Å²) < 4.78 is 5.38. The van der Waals surface area contributed by atoms with Gasteiger partial charge in [-0.05, 0) is 54.3 Å². The summed E-state index contributed by atoms with van der Waals surface area (Å²) in [5.41, 5.74) is 2.73. The van der Waals surface area contributed by atoms with E-state index in [0.717, 1.165) is 23.1 Å². The quantitative estimate of drug-likeness (QED) is 0.387. The summed E-state index contributed by atoms with van der Waals surface area (Å²) in [6.45, 7) is 4.28. The third-order valence-corrected chi connectivity index (χ3v) is 6.28. The summed E-state index contributed by atoms with van der Waals surface area (Å²) >= 11 is 6.03. The molecule has 0 unspecified atom stereocenters. The summed E-state index contributed by atoms with van der Waals surface area (Å²) in [5.74, 6) is 0.419. The molecule has 2 atom stereocenters. The maximum atomic E-state index is 13.7. The minimum atomic E-state index is -0.669. The number of hydrogen-bond acceptors (Lipinski definition) is 3. The Morgan fingerprint density at radius 1 is 0.943 bits per heavy atom. The van der Waals surface area contributed by atoms with E-state index in [1.54, 1.807) is 24.1 Å². The summed E-state index contributed by atoms with van der Waals surface area (Å²) in [5, 5.41) is 3.71. The van der Waals surface area contributed by atoms with Crippen molar-refractivity contribution in [2.24, 2.45) is 0 Å². The van der Waals surface area contributed by atoms with Crippen LogP contribution >= 0.6 is 11.6 Å². The average Bonchev–Trinajstić information content (AvgIpc) is 2.88. The van der Waals surface area contributed by atoms with Gasteiger partial charge in [-0.1, -0.05) is 73.1 Å². The Hall–Kier alpha value is -3.31. The summed E-state index contributed by atoms with van der Waals surface area (Å²) in [4.78, 5) is 28.9. The van der Waals surface area contributed by atoms with Crippen LogP contribution < -0.4 is 10.1 Å². The SMILES string of the molecule is CC[C@@H](C)NC(=O)[C@H](Cc1ccccc1)N(Cc1cccc(OC)c1)C(=O)Cc1ccc(Cl)cc1. The highest BCUT2D eigenvalue weighted by molar-refractivity contribution is 6.30. The molecule has 35 heavy (non-hydrogen) atoms. The van der Waals surface area contributed by atoms with Gasteiger partial charge in [-0.25, -0.2) is 0 Å². The van der Waals surface area contributed by atoms with Crippen molar-refractivity contribution < 1.29 is 14.3 Å². The van der Waals surface area contributed by atoms with Gasteiger partial charge >= 0.3 is 0 Å². The maximum absolute atomic E-state index is 13.7. The molecule has 0 saturated carbocycles. The van der Waals surface area contributed by atoms with Gasteiger partial charge in [-0.2, -0.15) is 0 Å². The number of benzene rings is 3. The van der Waals surface area contributed by atoms with Crippen molar-refractivity contribution in [2.45, 2.75) is 51.7 Å². The fourth-order valence-electron chi connectivity index (χ4n) is 3.84. The molecule has 0 aromatic heterocycles. The topological polar surface area (TPSA) is 58.6 Å². The van der Waals surface area contributed by atoms with Crippen LogP contribution in [0.4, 0.5) is 0 Å². The van der Waals surface area contributed by atoms with E-state index < -0.39 is 6.04 Å². The van der Waals surface area contributed by atoms with E-state index in [9.17, 15) is 9.59 Å². The largest absolute Gasteiger partial charge is 0.497 e. The lowest BCUT2D eigenvalue weighted by Crippen LogP contribution is -2.52. The summed E-state index contributed by atoms with van der Waals surface area (Å²) in [7, 11) is 1.61. The smallest absolute Gasteiger partial charge is 0.243 e. The molecule has 2 amide bonds. The second kappa shape index (κ2) is 13.0. The number of carbonyl (C=O) groups is 2. The van der Waals surface area contributed by atoms with Crippen LogP contribution in [0.25, 0.3) is 0 Å². The molecule has 0 aliphatic heterocycles. The molecule has 0 heterocycles. The number of carbonyl (C=O) groups excluding carboxylic acids is 2. The first-order valence-corrected chi connectivity index (χ1v) is 12.3. The molecule has 0 spiro atoms. The number of nitrogens with one attached hydrogen (secondary N) is 1. The van der Waals surface area contributed by atoms with E-state index in [1.165, 1.54) is 0 Å². The molecule has 3 rings (SSSR count). The van der Waals surface area contributed by atoms with Gasteiger partial charge < -0.3 is 15.0 Å². The zero-order chi connectivity index (χ0) is 25.2. The number of hydrogen-bond donors (Lipinski definition) is 1. The van der Waals surface area contributed by atoms with Gasteiger partial charge in [0.15, 0.2) is 0 Å². The fraction of sp³-hybridized carbons (Fsp3) is 0.310. The Bertz CT molecular complexity index is 1100. The van der Waals surface area contributed by atoms with Crippen molar-refractivity contribution in [2.75, 3.05) is 7.11 Å².